The van der Waals surface area contributed by atoms with Gasteiger partial charge in [-0.1, -0.05) is 0 Å². The highest BCUT2D eigenvalue weighted by Crippen LogP contribution is 2.29. The van der Waals surface area contributed by atoms with E-state index in [0.717, 1.165) is 21.6 Å². The van der Waals surface area contributed by atoms with Crippen molar-refractivity contribution < 1.29 is 18.3 Å². The normalized spacial score (nSPS) is 11.1. The van der Waals surface area contributed by atoms with Crippen LogP contribution in [-0.2, 0) is 6.61 Å². The minimum Gasteiger partial charge on any atom is -0.485 e. The van der Waals surface area contributed by atoms with Crippen LogP contribution in [-0.4, -0.2) is 20.7 Å². The molecule has 0 unspecified atom stereocenters. The van der Waals surface area contributed by atoms with Gasteiger partial charge in [-0.3, -0.25) is 4.79 Å². The first-order valence-corrected chi connectivity index (χ1v) is 9.28. The summed E-state index contributed by atoms with van der Waals surface area (Å²) in [5.41, 5.74) is 0.758. The van der Waals surface area contributed by atoms with Crippen molar-refractivity contribution in [1.82, 2.24) is 15.0 Å². The molecule has 1 N–H and O–H groups in total. The first kappa shape index (κ1) is 18.2. The molecule has 0 aliphatic heterocycles. The summed E-state index contributed by atoms with van der Waals surface area (Å²) in [7, 11) is 0. The van der Waals surface area contributed by atoms with E-state index in [1.165, 1.54) is 23.6 Å². The van der Waals surface area contributed by atoms with Gasteiger partial charge in [0.15, 0.2) is 11.6 Å². The highest BCUT2D eigenvalue weighted by atomic mass is 32.1. The van der Waals surface area contributed by atoms with Crippen molar-refractivity contribution in [2.45, 2.75) is 20.5 Å². The molecule has 28 heavy (non-hydrogen) atoms. The number of ketones is 1. The molecule has 0 saturated heterocycles. The van der Waals surface area contributed by atoms with E-state index in [4.69, 9.17) is 4.74 Å². The van der Waals surface area contributed by atoms with E-state index in [0.29, 0.717) is 11.0 Å². The Labute approximate surface area is 163 Å². The molecular formula is C20H15F2N3O2S. The Morgan fingerprint density at radius 2 is 2.07 bits per heavy atom. The number of halogens is 2. The van der Waals surface area contributed by atoms with Crippen LogP contribution in [0, 0.1) is 25.5 Å². The van der Waals surface area contributed by atoms with E-state index in [-0.39, 0.29) is 17.9 Å². The number of pyridine rings is 1. The predicted octanol–water partition coefficient (Wildman–Crippen LogP) is 4.72. The van der Waals surface area contributed by atoms with Crippen LogP contribution >= 0.6 is 11.3 Å². The number of rotatable bonds is 5. The number of nitrogens with one attached hydrogen (secondary N) is 1. The molecule has 0 fully saturated rings. The number of thiazole rings is 1. The second kappa shape index (κ2) is 7.12. The molecule has 3 heterocycles. The van der Waals surface area contributed by atoms with Gasteiger partial charge >= 0.3 is 0 Å². The predicted molar refractivity (Wildman–Crippen MR) is 102 cm³/mol. The lowest BCUT2D eigenvalue weighted by Gasteiger charge is -2.10. The summed E-state index contributed by atoms with van der Waals surface area (Å²) in [5, 5.41) is 1.37. The first-order chi connectivity index (χ1) is 13.5. The van der Waals surface area contributed by atoms with Crippen LogP contribution in [0.3, 0.4) is 0 Å². The van der Waals surface area contributed by atoms with Crippen LogP contribution < -0.4 is 4.74 Å². The monoisotopic (exact) mass is 399 g/mol. The van der Waals surface area contributed by atoms with Crippen molar-refractivity contribution in [1.29, 1.82) is 0 Å². The lowest BCUT2D eigenvalue weighted by Crippen LogP contribution is -2.09. The van der Waals surface area contributed by atoms with Crippen molar-refractivity contribution in [3.05, 3.63) is 75.0 Å². The number of carbonyl (C=O) groups is 1. The summed E-state index contributed by atoms with van der Waals surface area (Å²) in [6.07, 6.45) is 2.96. The number of nitrogens with zero attached hydrogens (tertiary/aromatic N) is 2. The third kappa shape index (κ3) is 3.16. The molecule has 3 aromatic heterocycles. The van der Waals surface area contributed by atoms with Crippen LogP contribution in [0.1, 0.15) is 31.5 Å². The molecule has 0 atom stereocenters. The third-order valence-corrected chi connectivity index (χ3v) is 5.38. The van der Waals surface area contributed by atoms with E-state index in [2.05, 4.69) is 15.0 Å². The summed E-state index contributed by atoms with van der Waals surface area (Å²) in [5.74, 6) is -2.93. The molecule has 0 amide bonds. The van der Waals surface area contributed by atoms with E-state index < -0.39 is 23.0 Å². The van der Waals surface area contributed by atoms with Crippen molar-refractivity contribution in [2.75, 3.05) is 0 Å². The Balaban J connectivity index is 1.68. The molecule has 0 spiro atoms. The number of aromatic amines is 1. The Morgan fingerprint density at radius 1 is 1.25 bits per heavy atom. The van der Waals surface area contributed by atoms with Gasteiger partial charge in [-0.25, -0.2) is 18.7 Å². The van der Waals surface area contributed by atoms with E-state index in [1.807, 2.05) is 13.8 Å². The van der Waals surface area contributed by atoms with Crippen molar-refractivity contribution in [2.24, 2.45) is 0 Å². The van der Waals surface area contributed by atoms with Gasteiger partial charge in [0.25, 0.3) is 0 Å². The molecule has 8 heteroatoms. The molecular weight excluding hydrogens is 384 g/mol. The number of carbonyl (C=O) groups excluding carboxylic acids is 1. The van der Waals surface area contributed by atoms with Gasteiger partial charge in [0.2, 0.25) is 5.78 Å². The van der Waals surface area contributed by atoms with Crippen LogP contribution in [0.2, 0.25) is 0 Å². The van der Waals surface area contributed by atoms with Crippen LogP contribution in [0.4, 0.5) is 8.78 Å². The zero-order chi connectivity index (χ0) is 19.8. The number of aryl methyl sites for hydroxylation is 2. The number of hydrogen-bond acceptors (Lipinski definition) is 5. The maximum absolute atomic E-state index is 15.0. The Hall–Kier alpha value is -3.13. The van der Waals surface area contributed by atoms with Gasteiger partial charge in [0.05, 0.1) is 21.1 Å². The van der Waals surface area contributed by atoms with Crippen LogP contribution in [0.5, 0.6) is 5.75 Å². The van der Waals surface area contributed by atoms with Crippen molar-refractivity contribution >= 4 is 28.2 Å². The SMILES string of the molecule is Cc1nc(C)c(COc2ccc(F)c(C(=O)c3c[nH]c4ncccc34)c2F)s1. The number of ether oxygens (including phenoxy) is 1. The Kier molecular flexibility index (Phi) is 4.64. The van der Waals surface area contributed by atoms with Crippen molar-refractivity contribution in [3.63, 3.8) is 0 Å². The summed E-state index contributed by atoms with van der Waals surface area (Å²) < 4.78 is 34.8. The van der Waals surface area contributed by atoms with Gasteiger partial charge in [0.1, 0.15) is 18.1 Å². The fourth-order valence-corrected chi connectivity index (χ4v) is 3.83. The van der Waals surface area contributed by atoms with Crippen LogP contribution in [0.25, 0.3) is 11.0 Å². The second-order valence-electron chi connectivity index (χ2n) is 6.20. The number of H-pyrrole nitrogens is 1. The molecule has 1 aromatic carbocycles. The van der Waals surface area contributed by atoms with Gasteiger partial charge in [-0.05, 0) is 38.1 Å². The highest BCUT2D eigenvalue weighted by molar-refractivity contribution is 7.11. The molecule has 0 saturated carbocycles. The van der Waals surface area contributed by atoms with Gasteiger partial charge in [0, 0.05) is 23.3 Å². The maximum atomic E-state index is 15.0. The summed E-state index contributed by atoms with van der Waals surface area (Å²) in [6, 6.07) is 5.53. The largest absolute Gasteiger partial charge is 0.485 e. The number of hydrogen-bond donors (Lipinski definition) is 1. The minimum absolute atomic E-state index is 0.0878. The average molecular weight is 399 g/mol. The fraction of sp³-hybridized carbons (Fsp3) is 0.150. The van der Waals surface area contributed by atoms with Gasteiger partial charge in [-0.15, -0.1) is 11.3 Å². The third-order valence-electron chi connectivity index (χ3n) is 4.34. The van der Waals surface area contributed by atoms with E-state index in [9.17, 15) is 13.6 Å². The standard InChI is InChI=1S/C20H15F2N3O2S/c1-10-16(28-11(2)25-10)9-27-15-6-5-14(21)17(18(15)22)19(26)13-8-24-20-12(13)4-3-7-23-20/h3-8H,9H2,1-2H3,(H,23,24). The summed E-state index contributed by atoms with van der Waals surface area (Å²) in [4.78, 5) is 24.9. The van der Waals surface area contributed by atoms with Crippen LogP contribution in [0.15, 0.2) is 36.7 Å². The number of aromatic nitrogens is 3. The lowest BCUT2D eigenvalue weighted by molar-refractivity contribution is 0.103. The first-order valence-electron chi connectivity index (χ1n) is 8.46. The average Bonchev–Trinajstić information content (AvgIpc) is 3.23. The molecule has 4 rings (SSSR count). The zero-order valence-electron chi connectivity index (χ0n) is 15.0. The lowest BCUT2D eigenvalue weighted by atomic mass is 10.0. The summed E-state index contributed by atoms with van der Waals surface area (Å²) >= 11 is 1.44. The number of fused-ring (bicyclic) bond motifs is 1. The quantitative estimate of drug-likeness (QED) is 0.493. The summed E-state index contributed by atoms with van der Waals surface area (Å²) in [6.45, 7) is 3.79. The molecule has 0 aliphatic carbocycles. The Morgan fingerprint density at radius 3 is 2.82 bits per heavy atom. The second-order valence-corrected chi connectivity index (χ2v) is 7.48. The molecule has 142 valence electrons. The van der Waals surface area contributed by atoms with E-state index in [1.54, 1.807) is 18.3 Å². The molecule has 0 bridgehead atoms. The smallest absolute Gasteiger partial charge is 0.201 e. The molecule has 4 aromatic rings. The maximum Gasteiger partial charge on any atom is 0.201 e. The van der Waals surface area contributed by atoms with Crippen molar-refractivity contribution in [3.8, 4) is 5.75 Å². The number of benzene rings is 1. The molecule has 5 nitrogen and oxygen atoms in total. The minimum atomic E-state index is -1.03. The van der Waals surface area contributed by atoms with E-state index >= 15 is 0 Å². The molecule has 0 radical (unpaired) electrons. The Bertz CT molecular complexity index is 1200. The van der Waals surface area contributed by atoms with Gasteiger partial charge in [-0.2, -0.15) is 0 Å². The van der Waals surface area contributed by atoms with Gasteiger partial charge < -0.3 is 9.72 Å². The highest BCUT2D eigenvalue weighted by Gasteiger charge is 2.25. The zero-order valence-corrected chi connectivity index (χ0v) is 15.9. The fourth-order valence-electron chi connectivity index (χ4n) is 2.98. The topological polar surface area (TPSA) is 67.9 Å². The molecule has 0 aliphatic rings.